The molecule has 0 spiro atoms. The quantitative estimate of drug-likeness (QED) is 0.758. The van der Waals surface area contributed by atoms with Crippen LogP contribution >= 0.6 is 11.8 Å². The molecule has 0 saturated carbocycles. The lowest BCUT2D eigenvalue weighted by Crippen LogP contribution is -2.31. The van der Waals surface area contributed by atoms with E-state index in [2.05, 4.69) is 31.2 Å². The molecule has 0 aliphatic heterocycles. The van der Waals surface area contributed by atoms with Crippen LogP contribution < -0.4 is 0 Å². The number of hydrogen-bond donors (Lipinski definition) is 1. The molecule has 0 radical (unpaired) electrons. The third kappa shape index (κ3) is 5.75. The molecule has 0 aliphatic rings. The number of nitrogens with zero attached hydrogens (tertiary/aromatic N) is 1. The third-order valence-electron chi connectivity index (χ3n) is 2.50. The second-order valence-electron chi connectivity index (χ2n) is 3.92. The Balaban J connectivity index is 2.30. The molecular formula is C13H19NO2S. The molecule has 0 aromatic heterocycles. The van der Waals surface area contributed by atoms with Crippen LogP contribution in [0.2, 0.25) is 0 Å². The summed E-state index contributed by atoms with van der Waals surface area (Å²) in [6.45, 7) is 5.77. The number of aryl methyl sites for hydroxylation is 1. The van der Waals surface area contributed by atoms with Gasteiger partial charge in [0, 0.05) is 17.2 Å². The first-order valence-corrected chi connectivity index (χ1v) is 6.74. The summed E-state index contributed by atoms with van der Waals surface area (Å²) in [5.74, 6) is 0.164. The van der Waals surface area contributed by atoms with Crippen LogP contribution in [0.4, 0.5) is 0 Å². The van der Waals surface area contributed by atoms with Gasteiger partial charge in [0.1, 0.15) is 0 Å². The SMILES string of the molecule is CCN(CCSc1ccc(C)cc1)CC(=O)O. The topological polar surface area (TPSA) is 40.5 Å². The Kier molecular flexibility index (Phi) is 6.08. The molecule has 0 heterocycles. The maximum Gasteiger partial charge on any atom is 0.317 e. The normalized spacial score (nSPS) is 10.8. The first-order valence-electron chi connectivity index (χ1n) is 5.75. The number of rotatable bonds is 7. The zero-order valence-electron chi connectivity index (χ0n) is 10.3. The zero-order chi connectivity index (χ0) is 12.7. The van der Waals surface area contributed by atoms with Gasteiger partial charge in [-0.05, 0) is 25.6 Å². The third-order valence-corrected chi connectivity index (χ3v) is 3.50. The van der Waals surface area contributed by atoms with Crippen molar-refractivity contribution in [3.05, 3.63) is 29.8 Å². The van der Waals surface area contributed by atoms with Gasteiger partial charge in [0.15, 0.2) is 0 Å². The van der Waals surface area contributed by atoms with E-state index in [4.69, 9.17) is 5.11 Å². The van der Waals surface area contributed by atoms with Crippen LogP contribution in [0.25, 0.3) is 0 Å². The highest BCUT2D eigenvalue weighted by atomic mass is 32.2. The Hall–Kier alpha value is -1.00. The fourth-order valence-electron chi connectivity index (χ4n) is 1.47. The van der Waals surface area contributed by atoms with Crippen molar-refractivity contribution in [1.82, 2.24) is 4.90 Å². The molecule has 0 bridgehead atoms. The fraction of sp³-hybridized carbons (Fsp3) is 0.462. The fourth-order valence-corrected chi connectivity index (χ4v) is 2.38. The van der Waals surface area contributed by atoms with Gasteiger partial charge < -0.3 is 5.11 Å². The van der Waals surface area contributed by atoms with E-state index in [9.17, 15) is 4.79 Å². The molecule has 1 aromatic carbocycles. The summed E-state index contributed by atoms with van der Waals surface area (Å²) < 4.78 is 0. The van der Waals surface area contributed by atoms with Crippen molar-refractivity contribution in [3.63, 3.8) is 0 Å². The summed E-state index contributed by atoms with van der Waals surface area (Å²) in [5.41, 5.74) is 1.26. The molecule has 1 aromatic rings. The van der Waals surface area contributed by atoms with Gasteiger partial charge in [0.25, 0.3) is 0 Å². The van der Waals surface area contributed by atoms with Crippen LogP contribution in [0.15, 0.2) is 29.2 Å². The van der Waals surface area contributed by atoms with Crippen molar-refractivity contribution in [2.45, 2.75) is 18.7 Å². The van der Waals surface area contributed by atoms with Crippen molar-refractivity contribution in [2.24, 2.45) is 0 Å². The number of hydrogen-bond acceptors (Lipinski definition) is 3. The molecule has 94 valence electrons. The summed E-state index contributed by atoms with van der Waals surface area (Å²) in [7, 11) is 0. The van der Waals surface area contributed by atoms with E-state index in [0.29, 0.717) is 0 Å². The van der Waals surface area contributed by atoms with E-state index in [-0.39, 0.29) is 6.54 Å². The van der Waals surface area contributed by atoms with Crippen LogP contribution in [0.3, 0.4) is 0 Å². The van der Waals surface area contributed by atoms with Crippen LogP contribution in [-0.2, 0) is 4.79 Å². The second-order valence-corrected chi connectivity index (χ2v) is 5.09. The van der Waals surface area contributed by atoms with Crippen molar-refractivity contribution < 1.29 is 9.90 Å². The standard InChI is InChI=1S/C13H19NO2S/c1-3-14(10-13(15)16)8-9-17-12-6-4-11(2)5-7-12/h4-7H,3,8-10H2,1-2H3,(H,15,16). The molecule has 0 unspecified atom stereocenters. The van der Waals surface area contributed by atoms with Gasteiger partial charge in [-0.3, -0.25) is 9.69 Å². The van der Waals surface area contributed by atoms with Gasteiger partial charge in [0.2, 0.25) is 0 Å². The maximum absolute atomic E-state index is 10.6. The van der Waals surface area contributed by atoms with E-state index in [1.54, 1.807) is 11.8 Å². The smallest absolute Gasteiger partial charge is 0.317 e. The van der Waals surface area contributed by atoms with E-state index in [1.807, 2.05) is 11.8 Å². The highest BCUT2D eigenvalue weighted by molar-refractivity contribution is 7.99. The summed E-state index contributed by atoms with van der Waals surface area (Å²) in [6, 6.07) is 8.40. The van der Waals surface area contributed by atoms with Gasteiger partial charge in [-0.25, -0.2) is 0 Å². The maximum atomic E-state index is 10.6. The van der Waals surface area contributed by atoms with Crippen molar-refractivity contribution in [1.29, 1.82) is 0 Å². The second kappa shape index (κ2) is 7.35. The number of carboxylic acid groups (broad SMARTS) is 1. The molecule has 1 rings (SSSR count). The van der Waals surface area contributed by atoms with Gasteiger partial charge in [-0.15, -0.1) is 11.8 Å². The first-order chi connectivity index (χ1) is 8.11. The van der Waals surface area contributed by atoms with Gasteiger partial charge >= 0.3 is 5.97 Å². The molecular weight excluding hydrogens is 234 g/mol. The molecule has 0 amide bonds. The summed E-state index contributed by atoms with van der Waals surface area (Å²) in [6.07, 6.45) is 0. The lowest BCUT2D eigenvalue weighted by Gasteiger charge is -2.17. The molecule has 1 N–H and O–H groups in total. The molecule has 0 atom stereocenters. The van der Waals surface area contributed by atoms with E-state index < -0.39 is 5.97 Å². The molecule has 0 fully saturated rings. The lowest BCUT2D eigenvalue weighted by atomic mass is 10.2. The minimum absolute atomic E-state index is 0.130. The van der Waals surface area contributed by atoms with Crippen molar-refractivity contribution in [3.8, 4) is 0 Å². The van der Waals surface area contributed by atoms with E-state index in [0.717, 1.165) is 18.8 Å². The molecule has 4 heteroatoms. The number of likely N-dealkylation sites (N-methyl/N-ethyl adjacent to an activating group) is 1. The minimum atomic E-state index is -0.757. The first kappa shape index (κ1) is 14.1. The number of benzene rings is 1. The van der Waals surface area contributed by atoms with Gasteiger partial charge in [-0.1, -0.05) is 24.6 Å². The number of thioether (sulfide) groups is 1. The minimum Gasteiger partial charge on any atom is -0.480 e. The highest BCUT2D eigenvalue weighted by Crippen LogP contribution is 2.18. The summed E-state index contributed by atoms with van der Waals surface area (Å²) in [5, 5.41) is 8.71. The van der Waals surface area contributed by atoms with Gasteiger partial charge in [0.05, 0.1) is 6.54 Å². The van der Waals surface area contributed by atoms with Crippen molar-refractivity contribution in [2.75, 3.05) is 25.4 Å². The number of carboxylic acids is 1. The van der Waals surface area contributed by atoms with Crippen LogP contribution in [0.1, 0.15) is 12.5 Å². The summed E-state index contributed by atoms with van der Waals surface area (Å²) in [4.78, 5) is 13.8. The number of aliphatic carboxylic acids is 1. The van der Waals surface area contributed by atoms with Crippen LogP contribution in [-0.4, -0.2) is 41.4 Å². The Morgan fingerprint density at radius 2 is 2.00 bits per heavy atom. The molecule has 3 nitrogen and oxygen atoms in total. The highest BCUT2D eigenvalue weighted by Gasteiger charge is 2.06. The van der Waals surface area contributed by atoms with Crippen LogP contribution in [0, 0.1) is 6.92 Å². The average molecular weight is 253 g/mol. The predicted molar refractivity (Wildman–Crippen MR) is 71.7 cm³/mol. The van der Waals surface area contributed by atoms with Gasteiger partial charge in [-0.2, -0.15) is 0 Å². The molecule has 0 saturated heterocycles. The van der Waals surface area contributed by atoms with E-state index >= 15 is 0 Å². The lowest BCUT2D eigenvalue weighted by molar-refractivity contribution is -0.138. The van der Waals surface area contributed by atoms with Crippen molar-refractivity contribution >= 4 is 17.7 Å². The predicted octanol–water partition coefficient (Wildman–Crippen LogP) is 2.49. The monoisotopic (exact) mass is 253 g/mol. The largest absolute Gasteiger partial charge is 0.480 e. The Bertz CT molecular complexity index is 351. The van der Waals surface area contributed by atoms with E-state index in [1.165, 1.54) is 10.5 Å². The zero-order valence-corrected chi connectivity index (χ0v) is 11.2. The summed E-state index contributed by atoms with van der Waals surface area (Å²) >= 11 is 1.77. The Morgan fingerprint density at radius 1 is 1.35 bits per heavy atom. The Morgan fingerprint density at radius 3 is 2.53 bits per heavy atom. The average Bonchev–Trinajstić information content (AvgIpc) is 2.30. The number of carbonyl (C=O) groups is 1. The molecule has 17 heavy (non-hydrogen) atoms. The Labute approximate surface area is 107 Å². The van der Waals surface area contributed by atoms with Crippen LogP contribution in [0.5, 0.6) is 0 Å². The molecule has 0 aliphatic carbocycles.